The van der Waals surface area contributed by atoms with Gasteiger partial charge in [-0.2, -0.15) is 0 Å². The maximum Gasteiger partial charge on any atom is 0.341 e. The fraction of sp³-hybridized carbons (Fsp3) is 0.217. The molecule has 0 fully saturated rings. The predicted molar refractivity (Wildman–Crippen MR) is 123 cm³/mol. The number of anilines is 1. The molecule has 8 heteroatoms. The number of nitrogens with one attached hydrogen (secondary N) is 1. The Morgan fingerprint density at radius 2 is 1.77 bits per heavy atom. The van der Waals surface area contributed by atoms with Gasteiger partial charge in [-0.05, 0) is 43.7 Å². The molecule has 0 saturated heterocycles. The maximum atomic E-state index is 12.6. The number of rotatable bonds is 8. The van der Waals surface area contributed by atoms with Crippen molar-refractivity contribution in [1.82, 2.24) is 0 Å². The Morgan fingerprint density at radius 3 is 2.42 bits per heavy atom. The zero-order chi connectivity index (χ0) is 22.4. The number of carbonyl (C=O) groups is 2. The van der Waals surface area contributed by atoms with Crippen LogP contribution in [-0.2, 0) is 9.53 Å². The summed E-state index contributed by atoms with van der Waals surface area (Å²) in [5, 5.41) is 3.58. The van der Waals surface area contributed by atoms with Gasteiger partial charge in [-0.1, -0.05) is 35.9 Å². The number of thiophene rings is 1. The van der Waals surface area contributed by atoms with Gasteiger partial charge in [-0.3, -0.25) is 4.79 Å². The van der Waals surface area contributed by atoms with Gasteiger partial charge in [0.1, 0.15) is 22.1 Å². The summed E-state index contributed by atoms with van der Waals surface area (Å²) in [5.74, 6) is 0.203. The van der Waals surface area contributed by atoms with E-state index in [0.717, 1.165) is 16.2 Å². The standard InChI is InChI=1S/C23H22ClNO5S/c1-4-29-16-11-9-15(10-12-16)20-14(2)31-22(21(20)23(27)28-3)25-19(26)13-30-18-8-6-5-7-17(18)24/h5-12H,4,13H2,1-3H3,(H,25,26). The minimum absolute atomic E-state index is 0.250. The maximum absolute atomic E-state index is 12.6. The van der Waals surface area contributed by atoms with Crippen LogP contribution in [0.5, 0.6) is 11.5 Å². The van der Waals surface area contributed by atoms with Crippen LogP contribution in [0.1, 0.15) is 22.2 Å². The fourth-order valence-electron chi connectivity index (χ4n) is 3.03. The van der Waals surface area contributed by atoms with Crippen molar-refractivity contribution in [2.75, 3.05) is 25.6 Å². The molecular formula is C23H22ClNO5S. The Hall–Kier alpha value is -3.03. The highest BCUT2D eigenvalue weighted by molar-refractivity contribution is 7.17. The Balaban J connectivity index is 1.85. The van der Waals surface area contributed by atoms with Gasteiger partial charge in [0, 0.05) is 10.4 Å². The first kappa shape index (κ1) is 22.7. The summed E-state index contributed by atoms with van der Waals surface area (Å²) < 4.78 is 16.0. The molecule has 0 radical (unpaired) electrons. The van der Waals surface area contributed by atoms with Crippen molar-refractivity contribution in [2.24, 2.45) is 0 Å². The number of ether oxygens (including phenoxy) is 3. The van der Waals surface area contributed by atoms with Gasteiger partial charge in [-0.25, -0.2) is 4.79 Å². The van der Waals surface area contributed by atoms with Crippen LogP contribution in [0.3, 0.4) is 0 Å². The second-order valence-corrected chi connectivity index (χ2v) is 8.09. The van der Waals surface area contributed by atoms with E-state index in [1.54, 1.807) is 24.3 Å². The molecule has 0 aliphatic heterocycles. The molecule has 1 heterocycles. The van der Waals surface area contributed by atoms with Crippen LogP contribution in [-0.4, -0.2) is 32.2 Å². The van der Waals surface area contributed by atoms with Gasteiger partial charge in [-0.15, -0.1) is 11.3 Å². The van der Waals surface area contributed by atoms with Crippen LogP contribution >= 0.6 is 22.9 Å². The average molecular weight is 460 g/mol. The number of methoxy groups -OCH3 is 1. The Morgan fingerprint density at radius 1 is 1.06 bits per heavy atom. The molecule has 2 aromatic carbocycles. The Bertz CT molecular complexity index is 1080. The molecule has 0 aliphatic carbocycles. The van der Waals surface area contributed by atoms with Crippen LogP contribution in [0.2, 0.25) is 5.02 Å². The molecule has 3 rings (SSSR count). The van der Waals surface area contributed by atoms with E-state index >= 15 is 0 Å². The SMILES string of the molecule is CCOc1ccc(-c2c(C)sc(NC(=O)COc3ccccc3Cl)c2C(=O)OC)cc1. The molecule has 0 saturated carbocycles. The first-order valence-electron chi connectivity index (χ1n) is 9.56. The second-order valence-electron chi connectivity index (χ2n) is 6.45. The van der Waals surface area contributed by atoms with Crippen molar-refractivity contribution < 1.29 is 23.8 Å². The molecular weight excluding hydrogens is 438 g/mol. The molecule has 3 aromatic rings. The minimum Gasteiger partial charge on any atom is -0.494 e. The van der Waals surface area contributed by atoms with Gasteiger partial charge < -0.3 is 19.5 Å². The molecule has 162 valence electrons. The Kier molecular flexibility index (Phi) is 7.55. The normalized spacial score (nSPS) is 10.5. The lowest BCUT2D eigenvalue weighted by Crippen LogP contribution is -2.21. The monoisotopic (exact) mass is 459 g/mol. The molecule has 0 spiro atoms. The van der Waals surface area contributed by atoms with E-state index in [1.165, 1.54) is 18.4 Å². The van der Waals surface area contributed by atoms with Gasteiger partial charge >= 0.3 is 5.97 Å². The third-order valence-corrected chi connectivity index (χ3v) is 5.71. The summed E-state index contributed by atoms with van der Waals surface area (Å²) in [5.41, 5.74) is 1.84. The van der Waals surface area contributed by atoms with Crippen LogP contribution in [0.25, 0.3) is 11.1 Å². The van der Waals surface area contributed by atoms with Crippen LogP contribution in [0.15, 0.2) is 48.5 Å². The number of aryl methyl sites for hydroxylation is 1. The Labute approximate surface area is 189 Å². The number of hydrogen-bond donors (Lipinski definition) is 1. The topological polar surface area (TPSA) is 73.9 Å². The van der Waals surface area contributed by atoms with Crippen molar-refractivity contribution in [3.8, 4) is 22.6 Å². The summed E-state index contributed by atoms with van der Waals surface area (Å²) >= 11 is 7.35. The second kappa shape index (κ2) is 10.3. The summed E-state index contributed by atoms with van der Waals surface area (Å²) in [6.07, 6.45) is 0. The highest BCUT2D eigenvalue weighted by Crippen LogP contribution is 2.40. The average Bonchev–Trinajstić information content (AvgIpc) is 3.08. The third kappa shape index (κ3) is 5.37. The first-order valence-corrected chi connectivity index (χ1v) is 10.8. The van der Waals surface area contributed by atoms with Gasteiger partial charge in [0.25, 0.3) is 5.91 Å². The van der Waals surface area contributed by atoms with Crippen molar-refractivity contribution in [1.29, 1.82) is 0 Å². The lowest BCUT2D eigenvalue weighted by Gasteiger charge is -2.10. The number of esters is 1. The van der Waals surface area contributed by atoms with Crippen LogP contribution in [0, 0.1) is 6.92 Å². The van der Waals surface area contributed by atoms with E-state index in [0.29, 0.717) is 33.5 Å². The molecule has 31 heavy (non-hydrogen) atoms. The first-order chi connectivity index (χ1) is 14.9. The fourth-order valence-corrected chi connectivity index (χ4v) is 4.30. The zero-order valence-electron chi connectivity index (χ0n) is 17.4. The molecule has 0 unspecified atom stereocenters. The zero-order valence-corrected chi connectivity index (χ0v) is 18.9. The summed E-state index contributed by atoms with van der Waals surface area (Å²) in [4.78, 5) is 25.9. The van der Waals surface area contributed by atoms with E-state index in [4.69, 9.17) is 25.8 Å². The molecule has 0 bridgehead atoms. The number of amides is 1. The third-order valence-electron chi connectivity index (χ3n) is 4.38. The largest absolute Gasteiger partial charge is 0.494 e. The molecule has 6 nitrogen and oxygen atoms in total. The smallest absolute Gasteiger partial charge is 0.341 e. The van der Waals surface area contributed by atoms with E-state index in [-0.39, 0.29) is 6.61 Å². The number of carbonyl (C=O) groups excluding carboxylic acids is 2. The highest BCUT2D eigenvalue weighted by Gasteiger charge is 2.25. The van der Waals surface area contributed by atoms with Crippen molar-refractivity contribution in [3.05, 3.63) is 64.0 Å². The number of hydrogen-bond acceptors (Lipinski definition) is 6. The summed E-state index contributed by atoms with van der Waals surface area (Å²) in [6.45, 7) is 4.12. The van der Waals surface area contributed by atoms with Crippen molar-refractivity contribution >= 4 is 39.8 Å². The van der Waals surface area contributed by atoms with E-state index in [2.05, 4.69) is 5.32 Å². The summed E-state index contributed by atoms with van der Waals surface area (Å²) in [7, 11) is 1.31. The minimum atomic E-state index is -0.532. The van der Waals surface area contributed by atoms with E-state index in [9.17, 15) is 9.59 Å². The molecule has 1 amide bonds. The molecule has 0 atom stereocenters. The molecule has 1 aromatic heterocycles. The van der Waals surface area contributed by atoms with Gasteiger partial charge in [0.05, 0.1) is 18.7 Å². The van der Waals surface area contributed by atoms with E-state index < -0.39 is 11.9 Å². The van der Waals surface area contributed by atoms with Crippen molar-refractivity contribution in [3.63, 3.8) is 0 Å². The van der Waals surface area contributed by atoms with Crippen molar-refractivity contribution in [2.45, 2.75) is 13.8 Å². The van der Waals surface area contributed by atoms with Gasteiger partial charge in [0.15, 0.2) is 6.61 Å². The molecule has 1 N–H and O–H groups in total. The van der Waals surface area contributed by atoms with E-state index in [1.807, 2.05) is 38.1 Å². The summed E-state index contributed by atoms with van der Waals surface area (Å²) in [6, 6.07) is 14.3. The quantitative estimate of drug-likeness (QED) is 0.445. The predicted octanol–water partition coefficient (Wildman–Crippen LogP) is 5.58. The van der Waals surface area contributed by atoms with Crippen LogP contribution in [0.4, 0.5) is 5.00 Å². The number of para-hydroxylation sites is 1. The molecule has 0 aliphatic rings. The number of halogens is 1. The lowest BCUT2D eigenvalue weighted by molar-refractivity contribution is -0.118. The van der Waals surface area contributed by atoms with Crippen LogP contribution < -0.4 is 14.8 Å². The van der Waals surface area contributed by atoms with Gasteiger partial charge in [0.2, 0.25) is 0 Å². The number of benzene rings is 2. The highest BCUT2D eigenvalue weighted by atomic mass is 35.5. The lowest BCUT2D eigenvalue weighted by atomic mass is 10.0.